The summed E-state index contributed by atoms with van der Waals surface area (Å²) in [5.74, 6) is -1.69. The molecule has 0 bridgehead atoms. The van der Waals surface area contributed by atoms with Crippen molar-refractivity contribution in [3.63, 3.8) is 0 Å². The molecule has 0 unspecified atom stereocenters. The van der Waals surface area contributed by atoms with Gasteiger partial charge in [-0.05, 0) is 40.9 Å². The van der Waals surface area contributed by atoms with Crippen molar-refractivity contribution in [3.05, 3.63) is 28.0 Å². The van der Waals surface area contributed by atoms with Crippen LogP contribution in [0.2, 0.25) is 0 Å². The molecule has 0 aromatic heterocycles. The van der Waals surface area contributed by atoms with E-state index in [-0.39, 0.29) is 15.7 Å². The third-order valence-electron chi connectivity index (χ3n) is 3.19. The van der Waals surface area contributed by atoms with Crippen molar-refractivity contribution in [2.45, 2.75) is 32.2 Å². The third kappa shape index (κ3) is 2.87. The van der Waals surface area contributed by atoms with Crippen LogP contribution >= 0.6 is 15.9 Å². The lowest BCUT2D eigenvalue weighted by molar-refractivity contribution is -0.142. The molecule has 0 atom stereocenters. The minimum Gasteiger partial charge on any atom is -0.480 e. The number of benzene rings is 1. The largest absolute Gasteiger partial charge is 0.480 e. The molecule has 0 amide bonds. The van der Waals surface area contributed by atoms with E-state index < -0.39 is 17.3 Å². The van der Waals surface area contributed by atoms with E-state index in [1.54, 1.807) is 13.8 Å². The zero-order chi connectivity index (χ0) is 14.6. The van der Waals surface area contributed by atoms with Crippen LogP contribution in [-0.2, 0) is 4.79 Å². The molecular formula is C13H14BrFN2O2. The van der Waals surface area contributed by atoms with E-state index in [0.717, 1.165) is 0 Å². The first kappa shape index (κ1) is 15.4. The average molecular weight is 329 g/mol. The molecule has 1 aromatic rings. The number of carboxylic acid groups (broad SMARTS) is 1. The van der Waals surface area contributed by atoms with Gasteiger partial charge < -0.3 is 10.4 Å². The highest BCUT2D eigenvalue weighted by atomic mass is 79.9. The van der Waals surface area contributed by atoms with Gasteiger partial charge in [0.05, 0.1) is 15.7 Å². The Morgan fingerprint density at radius 3 is 2.53 bits per heavy atom. The lowest BCUT2D eigenvalue weighted by atomic mass is 9.92. The smallest absolute Gasteiger partial charge is 0.329 e. The minimum atomic E-state index is -1.21. The molecule has 1 aromatic carbocycles. The summed E-state index contributed by atoms with van der Waals surface area (Å²) in [6, 6.07) is 4.66. The lowest BCUT2D eigenvalue weighted by Crippen LogP contribution is -2.45. The second-order valence-electron chi connectivity index (χ2n) is 4.12. The van der Waals surface area contributed by atoms with E-state index in [9.17, 15) is 14.3 Å². The van der Waals surface area contributed by atoms with E-state index in [1.807, 2.05) is 6.07 Å². The molecule has 0 heterocycles. The Bertz CT molecular complexity index is 536. The van der Waals surface area contributed by atoms with Crippen molar-refractivity contribution < 1.29 is 14.3 Å². The first-order valence-corrected chi connectivity index (χ1v) is 6.60. The first-order valence-electron chi connectivity index (χ1n) is 5.81. The van der Waals surface area contributed by atoms with Gasteiger partial charge in [-0.2, -0.15) is 5.26 Å². The number of carboxylic acids is 1. The summed E-state index contributed by atoms with van der Waals surface area (Å²) in [7, 11) is 0. The number of hydrogen-bond donors (Lipinski definition) is 2. The SMILES string of the molecule is CCC(CC)(Nc1ccc(C#N)c(Br)c1F)C(=O)O. The zero-order valence-electron chi connectivity index (χ0n) is 10.6. The second-order valence-corrected chi connectivity index (χ2v) is 4.91. The normalized spacial score (nSPS) is 10.9. The molecule has 2 N–H and O–H groups in total. The van der Waals surface area contributed by atoms with E-state index in [1.165, 1.54) is 12.1 Å². The van der Waals surface area contributed by atoms with Crippen molar-refractivity contribution in [2.24, 2.45) is 0 Å². The summed E-state index contributed by atoms with van der Waals surface area (Å²) < 4.78 is 14.1. The maximum absolute atomic E-state index is 14.1. The van der Waals surface area contributed by atoms with Crippen molar-refractivity contribution in [3.8, 4) is 6.07 Å². The van der Waals surface area contributed by atoms with Gasteiger partial charge in [-0.25, -0.2) is 9.18 Å². The highest BCUT2D eigenvalue weighted by Gasteiger charge is 2.35. The summed E-state index contributed by atoms with van der Waals surface area (Å²) in [6.45, 7) is 3.45. The minimum absolute atomic E-state index is 0.0338. The average Bonchev–Trinajstić information content (AvgIpc) is 2.40. The molecule has 19 heavy (non-hydrogen) atoms. The number of anilines is 1. The van der Waals surface area contributed by atoms with E-state index >= 15 is 0 Å². The van der Waals surface area contributed by atoms with Crippen LogP contribution in [0.5, 0.6) is 0 Å². The number of aliphatic carboxylic acids is 1. The molecule has 0 radical (unpaired) electrons. The molecule has 6 heteroatoms. The maximum atomic E-state index is 14.1. The van der Waals surface area contributed by atoms with Crippen LogP contribution in [0.15, 0.2) is 16.6 Å². The number of nitrogens with one attached hydrogen (secondary N) is 1. The first-order chi connectivity index (χ1) is 8.91. The Kier molecular flexibility index (Phi) is 4.90. The van der Waals surface area contributed by atoms with Gasteiger partial charge in [-0.15, -0.1) is 0 Å². The summed E-state index contributed by atoms with van der Waals surface area (Å²) >= 11 is 2.99. The molecule has 0 saturated heterocycles. The van der Waals surface area contributed by atoms with Crippen LogP contribution in [0, 0.1) is 17.1 Å². The molecule has 0 spiro atoms. The quantitative estimate of drug-likeness (QED) is 0.867. The van der Waals surface area contributed by atoms with Gasteiger partial charge in [0.2, 0.25) is 0 Å². The number of hydrogen-bond acceptors (Lipinski definition) is 3. The van der Waals surface area contributed by atoms with Gasteiger partial charge in [-0.3, -0.25) is 0 Å². The van der Waals surface area contributed by atoms with Crippen molar-refractivity contribution in [2.75, 3.05) is 5.32 Å². The van der Waals surface area contributed by atoms with Gasteiger partial charge in [-0.1, -0.05) is 13.8 Å². The van der Waals surface area contributed by atoms with Crippen LogP contribution in [0.4, 0.5) is 10.1 Å². The predicted octanol–water partition coefficient (Wildman–Crippen LogP) is 3.52. The standard InChI is InChI=1S/C13H14BrFN2O2/c1-3-13(4-2,12(18)19)17-9-6-5-8(7-16)10(14)11(9)15/h5-6,17H,3-4H2,1-2H3,(H,18,19). The Labute approximate surface area is 119 Å². The van der Waals surface area contributed by atoms with Crippen LogP contribution in [-0.4, -0.2) is 16.6 Å². The van der Waals surface area contributed by atoms with E-state index in [0.29, 0.717) is 12.8 Å². The van der Waals surface area contributed by atoms with Crippen LogP contribution < -0.4 is 5.32 Å². The number of nitriles is 1. The summed E-state index contributed by atoms with van der Waals surface area (Å²) in [5.41, 5.74) is -0.983. The second kappa shape index (κ2) is 6.02. The summed E-state index contributed by atoms with van der Waals surface area (Å²) in [5, 5.41) is 20.8. The summed E-state index contributed by atoms with van der Waals surface area (Å²) in [4.78, 5) is 11.4. The Balaban J connectivity index is 3.23. The van der Waals surface area contributed by atoms with Crippen LogP contribution in [0.3, 0.4) is 0 Å². The fourth-order valence-electron chi connectivity index (χ4n) is 1.77. The number of rotatable bonds is 5. The van der Waals surface area contributed by atoms with E-state index in [2.05, 4.69) is 21.2 Å². The zero-order valence-corrected chi connectivity index (χ0v) is 12.2. The number of halogens is 2. The molecule has 0 aliphatic heterocycles. The maximum Gasteiger partial charge on any atom is 0.329 e. The number of carbonyl (C=O) groups is 1. The van der Waals surface area contributed by atoms with Gasteiger partial charge in [0.1, 0.15) is 11.6 Å². The fourth-order valence-corrected chi connectivity index (χ4v) is 2.21. The van der Waals surface area contributed by atoms with Gasteiger partial charge in [0.15, 0.2) is 5.82 Å². The molecule has 1 rings (SSSR count). The predicted molar refractivity (Wildman–Crippen MR) is 73.4 cm³/mol. The van der Waals surface area contributed by atoms with Gasteiger partial charge >= 0.3 is 5.97 Å². The van der Waals surface area contributed by atoms with E-state index in [4.69, 9.17) is 5.26 Å². The Morgan fingerprint density at radius 2 is 2.11 bits per heavy atom. The summed E-state index contributed by atoms with van der Waals surface area (Å²) in [6.07, 6.45) is 0.631. The van der Waals surface area contributed by atoms with Gasteiger partial charge in [0, 0.05) is 0 Å². The van der Waals surface area contributed by atoms with Crippen LogP contribution in [0.25, 0.3) is 0 Å². The number of nitrogens with zero attached hydrogens (tertiary/aromatic N) is 1. The molecule has 0 saturated carbocycles. The van der Waals surface area contributed by atoms with Crippen molar-refractivity contribution >= 4 is 27.6 Å². The Morgan fingerprint density at radius 1 is 1.53 bits per heavy atom. The molecule has 4 nitrogen and oxygen atoms in total. The fraction of sp³-hybridized carbons (Fsp3) is 0.385. The highest BCUT2D eigenvalue weighted by molar-refractivity contribution is 9.10. The lowest BCUT2D eigenvalue weighted by Gasteiger charge is -2.29. The van der Waals surface area contributed by atoms with Crippen molar-refractivity contribution in [1.29, 1.82) is 5.26 Å². The molecule has 102 valence electrons. The molecular weight excluding hydrogens is 315 g/mol. The van der Waals surface area contributed by atoms with Crippen molar-refractivity contribution in [1.82, 2.24) is 0 Å². The monoisotopic (exact) mass is 328 g/mol. The highest BCUT2D eigenvalue weighted by Crippen LogP contribution is 2.30. The molecule has 0 aliphatic carbocycles. The molecule has 0 aliphatic rings. The third-order valence-corrected chi connectivity index (χ3v) is 3.97. The Hall–Kier alpha value is -1.61. The van der Waals surface area contributed by atoms with Crippen LogP contribution in [0.1, 0.15) is 32.3 Å². The molecule has 0 fully saturated rings. The topological polar surface area (TPSA) is 73.1 Å². The van der Waals surface area contributed by atoms with Gasteiger partial charge in [0.25, 0.3) is 0 Å².